The highest BCUT2D eigenvalue weighted by Crippen LogP contribution is 2.35. The van der Waals surface area contributed by atoms with Gasteiger partial charge in [0.25, 0.3) is 5.91 Å². The molecule has 0 spiro atoms. The Morgan fingerprint density at radius 1 is 1.05 bits per heavy atom. The maximum Gasteiger partial charge on any atom is 0.408 e. The lowest BCUT2D eigenvalue weighted by Crippen LogP contribution is -2.57. The number of carbonyl (C=O) groups excluding carboxylic acids is 3. The zero-order valence-electron chi connectivity index (χ0n) is 24.9. The van der Waals surface area contributed by atoms with Crippen molar-refractivity contribution in [3.05, 3.63) is 84.4 Å². The first kappa shape index (κ1) is 31.2. The van der Waals surface area contributed by atoms with Crippen LogP contribution in [0.2, 0.25) is 0 Å². The van der Waals surface area contributed by atoms with Crippen molar-refractivity contribution in [1.82, 2.24) is 10.2 Å². The first-order chi connectivity index (χ1) is 20.1. The van der Waals surface area contributed by atoms with Gasteiger partial charge in [0, 0.05) is 11.7 Å². The van der Waals surface area contributed by atoms with Crippen LogP contribution in [0.15, 0.2) is 73.3 Å². The molecule has 3 aromatic carbocycles. The highest BCUT2D eigenvalue weighted by molar-refractivity contribution is 7.98. The molecule has 2 N–H and O–H groups in total. The second-order valence-electron chi connectivity index (χ2n) is 11.6. The molecule has 0 radical (unpaired) electrons. The quantitative estimate of drug-likeness (QED) is 0.248. The summed E-state index contributed by atoms with van der Waals surface area (Å²) in [5.74, 6) is 0.0554. The normalized spacial score (nSPS) is 14.8. The van der Waals surface area contributed by atoms with Crippen LogP contribution in [0.4, 0.5) is 10.5 Å². The molecule has 1 fully saturated rings. The Morgan fingerprint density at radius 2 is 1.79 bits per heavy atom. The summed E-state index contributed by atoms with van der Waals surface area (Å²) in [4.78, 5) is 43.2. The van der Waals surface area contributed by atoms with E-state index >= 15 is 0 Å². The van der Waals surface area contributed by atoms with Gasteiger partial charge in [-0.1, -0.05) is 61.2 Å². The Hall–Kier alpha value is -3.78. The summed E-state index contributed by atoms with van der Waals surface area (Å²) in [6.07, 6.45) is 5.98. The summed E-state index contributed by atoms with van der Waals surface area (Å²) in [5.41, 5.74) is 1.48. The minimum atomic E-state index is -0.911. The monoisotopic (exact) mass is 587 g/mol. The van der Waals surface area contributed by atoms with Crippen LogP contribution in [0.1, 0.15) is 63.6 Å². The van der Waals surface area contributed by atoms with Gasteiger partial charge in [0.2, 0.25) is 5.91 Å². The van der Waals surface area contributed by atoms with Gasteiger partial charge in [-0.15, -0.1) is 0 Å². The van der Waals surface area contributed by atoms with Crippen molar-refractivity contribution in [3.63, 3.8) is 0 Å². The van der Waals surface area contributed by atoms with Gasteiger partial charge in [-0.25, -0.2) is 4.79 Å². The maximum absolute atomic E-state index is 14.4. The second-order valence-corrected chi connectivity index (χ2v) is 12.6. The molecule has 0 aromatic heterocycles. The van der Waals surface area contributed by atoms with Gasteiger partial charge in [0.15, 0.2) is 0 Å². The number of amides is 3. The molecule has 0 heterocycles. The third-order valence-electron chi connectivity index (χ3n) is 7.33. The number of thioether (sulfide) groups is 1. The number of anilines is 1. The largest absolute Gasteiger partial charge is 0.444 e. The average Bonchev–Trinajstić information content (AvgIpc) is 2.92. The zero-order valence-corrected chi connectivity index (χ0v) is 25.7. The molecule has 4 rings (SSSR count). The van der Waals surface area contributed by atoms with Gasteiger partial charge >= 0.3 is 6.09 Å². The molecule has 0 bridgehead atoms. The smallest absolute Gasteiger partial charge is 0.408 e. The highest BCUT2D eigenvalue weighted by atomic mass is 32.2. The van der Waals surface area contributed by atoms with Crippen LogP contribution in [-0.2, 0) is 14.3 Å². The highest BCUT2D eigenvalue weighted by Gasteiger charge is 2.42. The van der Waals surface area contributed by atoms with Crippen molar-refractivity contribution >= 4 is 52.2 Å². The number of carbonyl (C=O) groups is 3. The van der Waals surface area contributed by atoms with E-state index in [0.717, 1.165) is 35.6 Å². The summed E-state index contributed by atoms with van der Waals surface area (Å²) < 4.78 is 5.50. The number of hydrogen-bond donors (Lipinski definition) is 2. The molecule has 0 aliphatic heterocycles. The Kier molecular flexibility index (Phi) is 10.3. The molecule has 0 saturated heterocycles. The number of benzene rings is 3. The maximum atomic E-state index is 14.4. The van der Waals surface area contributed by atoms with Crippen LogP contribution < -0.4 is 10.6 Å². The van der Waals surface area contributed by atoms with E-state index in [1.807, 2.05) is 73.0 Å². The van der Waals surface area contributed by atoms with E-state index in [-0.39, 0.29) is 17.9 Å². The van der Waals surface area contributed by atoms with Crippen molar-refractivity contribution in [2.75, 3.05) is 17.3 Å². The van der Waals surface area contributed by atoms with Crippen LogP contribution in [0.3, 0.4) is 0 Å². The summed E-state index contributed by atoms with van der Waals surface area (Å²) in [5, 5.41) is 7.98. The predicted octanol–water partition coefficient (Wildman–Crippen LogP) is 7.19. The molecule has 8 heteroatoms. The molecule has 3 amide bonds. The Balaban J connectivity index is 1.72. The van der Waals surface area contributed by atoms with Gasteiger partial charge in [-0.3, -0.25) is 9.59 Å². The van der Waals surface area contributed by atoms with Gasteiger partial charge in [0.1, 0.15) is 17.7 Å². The van der Waals surface area contributed by atoms with Crippen molar-refractivity contribution in [1.29, 1.82) is 0 Å². The van der Waals surface area contributed by atoms with E-state index in [0.29, 0.717) is 23.4 Å². The second kappa shape index (κ2) is 13.9. The standard InChI is InChI=1S/C34H41N3O4S/c1-6-23-11-9-14-26(21-23)30(31(38)35-27-18-17-24-12-7-8-13-25(24)22-27)37(28-15-10-16-28)32(39)29(19-20-42-5)36-33(40)41-34(2,3)4/h6-9,11-14,17-18,21-22,28-30H,1,10,15-16,19-20H2,2-5H3,(H,35,38)(H,36,40). The third-order valence-corrected chi connectivity index (χ3v) is 7.97. The zero-order chi connectivity index (χ0) is 30.3. The van der Waals surface area contributed by atoms with Crippen LogP contribution in [0, 0.1) is 0 Å². The summed E-state index contributed by atoms with van der Waals surface area (Å²) >= 11 is 1.59. The van der Waals surface area contributed by atoms with E-state index in [1.54, 1.807) is 43.5 Å². The fourth-order valence-electron chi connectivity index (χ4n) is 5.08. The molecular weight excluding hydrogens is 546 g/mol. The minimum Gasteiger partial charge on any atom is -0.444 e. The van der Waals surface area contributed by atoms with Gasteiger partial charge in [-0.05, 0) is 98.6 Å². The topological polar surface area (TPSA) is 87.7 Å². The van der Waals surface area contributed by atoms with Crippen molar-refractivity contribution in [2.45, 2.75) is 70.2 Å². The summed E-state index contributed by atoms with van der Waals surface area (Å²) in [6.45, 7) is 9.24. The minimum absolute atomic E-state index is 0.130. The molecule has 3 aromatic rings. The van der Waals surface area contributed by atoms with Crippen molar-refractivity contribution in [2.24, 2.45) is 0 Å². The van der Waals surface area contributed by atoms with Gasteiger partial charge in [-0.2, -0.15) is 11.8 Å². The lowest BCUT2D eigenvalue weighted by Gasteiger charge is -2.43. The van der Waals surface area contributed by atoms with Crippen LogP contribution in [0.25, 0.3) is 16.8 Å². The molecule has 7 nitrogen and oxygen atoms in total. The number of nitrogens with zero attached hydrogens (tertiary/aromatic N) is 1. The average molecular weight is 588 g/mol. The van der Waals surface area contributed by atoms with E-state index in [4.69, 9.17) is 4.74 Å². The summed E-state index contributed by atoms with van der Waals surface area (Å²) in [7, 11) is 0. The van der Waals surface area contributed by atoms with E-state index in [9.17, 15) is 14.4 Å². The fraction of sp³-hybridized carbons (Fsp3) is 0.382. The Morgan fingerprint density at radius 3 is 2.43 bits per heavy atom. The lowest BCUT2D eigenvalue weighted by atomic mass is 9.87. The first-order valence-electron chi connectivity index (χ1n) is 14.4. The Labute approximate surface area is 253 Å². The van der Waals surface area contributed by atoms with Gasteiger partial charge in [0.05, 0.1) is 0 Å². The predicted molar refractivity (Wildman–Crippen MR) is 172 cm³/mol. The van der Waals surface area contributed by atoms with E-state index in [2.05, 4.69) is 17.2 Å². The molecule has 2 atom stereocenters. The fourth-order valence-corrected chi connectivity index (χ4v) is 5.55. The van der Waals surface area contributed by atoms with E-state index < -0.39 is 23.8 Å². The molecule has 1 saturated carbocycles. The molecule has 1 aliphatic rings. The summed E-state index contributed by atoms with van der Waals surface area (Å²) in [6, 6.07) is 19.4. The number of nitrogens with one attached hydrogen (secondary N) is 2. The molecule has 2 unspecified atom stereocenters. The van der Waals surface area contributed by atoms with Gasteiger partial charge < -0.3 is 20.3 Å². The SMILES string of the molecule is C=Cc1cccc(C(C(=O)Nc2ccc3ccccc3c2)N(C(=O)C(CCSC)NC(=O)OC(C)(C)C)C2CCC2)c1. The molecular formula is C34H41N3O4S. The molecule has 222 valence electrons. The number of hydrogen-bond acceptors (Lipinski definition) is 5. The Bertz CT molecular complexity index is 1430. The molecule has 1 aliphatic carbocycles. The third kappa shape index (κ3) is 7.94. The van der Waals surface area contributed by atoms with Crippen molar-refractivity contribution in [3.8, 4) is 0 Å². The van der Waals surface area contributed by atoms with Crippen LogP contribution >= 0.6 is 11.8 Å². The number of alkyl carbamates (subject to hydrolysis) is 1. The van der Waals surface area contributed by atoms with Crippen LogP contribution in [0.5, 0.6) is 0 Å². The number of fused-ring (bicyclic) bond motifs is 1. The van der Waals surface area contributed by atoms with Crippen molar-refractivity contribution < 1.29 is 19.1 Å². The molecule has 42 heavy (non-hydrogen) atoms. The first-order valence-corrected chi connectivity index (χ1v) is 15.8. The lowest BCUT2D eigenvalue weighted by molar-refractivity contribution is -0.145. The number of rotatable bonds is 11. The number of ether oxygens (including phenoxy) is 1. The van der Waals surface area contributed by atoms with E-state index in [1.165, 1.54) is 0 Å². The van der Waals surface area contributed by atoms with Crippen LogP contribution in [-0.4, -0.2) is 52.5 Å².